The van der Waals surface area contributed by atoms with Crippen molar-refractivity contribution in [1.29, 1.82) is 5.26 Å². The third-order valence-electron chi connectivity index (χ3n) is 4.03. The average molecular weight is 387 g/mol. The summed E-state index contributed by atoms with van der Waals surface area (Å²) in [7, 11) is 0. The number of hydrogen-bond acceptors (Lipinski definition) is 4. The molecule has 0 aliphatic carbocycles. The standard InChI is InChI=1S/C17H15BrN4O2/c18-13-4-1-5-14-12(13)6-7-15(21-14)17(24)20-10-16(23)22-8-2-3-11(22)9-19/h1,4-7,11H,2-3,8,10H2,(H,20,24)/t11-/m0/s1. The van der Waals surface area contributed by atoms with Crippen molar-refractivity contribution in [2.75, 3.05) is 13.1 Å². The van der Waals surface area contributed by atoms with E-state index >= 15 is 0 Å². The Balaban J connectivity index is 1.67. The molecule has 2 aromatic rings. The topological polar surface area (TPSA) is 86.1 Å². The van der Waals surface area contributed by atoms with Crippen molar-refractivity contribution in [1.82, 2.24) is 15.2 Å². The Labute approximate surface area is 147 Å². The van der Waals surface area contributed by atoms with Crippen LogP contribution in [0, 0.1) is 11.3 Å². The molecule has 1 atom stereocenters. The molecule has 0 unspecified atom stereocenters. The summed E-state index contributed by atoms with van der Waals surface area (Å²) in [4.78, 5) is 30.2. The number of amides is 2. The second-order valence-corrected chi connectivity index (χ2v) is 6.41. The lowest BCUT2D eigenvalue weighted by Gasteiger charge is -2.19. The second kappa shape index (κ2) is 6.97. The third-order valence-corrected chi connectivity index (χ3v) is 4.73. The molecule has 6 nitrogen and oxygen atoms in total. The number of pyridine rings is 1. The highest BCUT2D eigenvalue weighted by Crippen LogP contribution is 2.22. The molecular weight excluding hydrogens is 372 g/mol. The Morgan fingerprint density at radius 3 is 3.00 bits per heavy atom. The van der Waals surface area contributed by atoms with Crippen LogP contribution in [-0.4, -0.2) is 40.8 Å². The summed E-state index contributed by atoms with van der Waals surface area (Å²) in [5.41, 5.74) is 0.957. The van der Waals surface area contributed by atoms with Crippen LogP contribution >= 0.6 is 15.9 Å². The van der Waals surface area contributed by atoms with Crippen LogP contribution in [0.25, 0.3) is 10.9 Å². The Morgan fingerprint density at radius 2 is 2.21 bits per heavy atom. The lowest BCUT2D eigenvalue weighted by atomic mass is 10.2. The van der Waals surface area contributed by atoms with E-state index in [1.165, 1.54) is 4.90 Å². The van der Waals surface area contributed by atoms with Crippen molar-refractivity contribution >= 4 is 38.6 Å². The van der Waals surface area contributed by atoms with E-state index < -0.39 is 5.91 Å². The highest BCUT2D eigenvalue weighted by molar-refractivity contribution is 9.10. The summed E-state index contributed by atoms with van der Waals surface area (Å²) in [5, 5.41) is 12.5. The number of halogens is 1. The molecule has 1 N–H and O–H groups in total. The SMILES string of the molecule is N#C[C@@H]1CCCN1C(=O)CNC(=O)c1ccc2c(Br)cccc2n1. The van der Waals surface area contributed by atoms with Gasteiger partial charge in [-0.25, -0.2) is 4.98 Å². The Morgan fingerprint density at radius 1 is 1.38 bits per heavy atom. The van der Waals surface area contributed by atoms with Crippen LogP contribution in [0.15, 0.2) is 34.8 Å². The van der Waals surface area contributed by atoms with Gasteiger partial charge in [0.2, 0.25) is 5.91 Å². The highest BCUT2D eigenvalue weighted by atomic mass is 79.9. The zero-order valence-corrected chi connectivity index (χ0v) is 14.4. The molecule has 1 aromatic carbocycles. The van der Waals surface area contributed by atoms with E-state index in [1.807, 2.05) is 24.3 Å². The van der Waals surface area contributed by atoms with Crippen molar-refractivity contribution < 1.29 is 9.59 Å². The van der Waals surface area contributed by atoms with Gasteiger partial charge < -0.3 is 10.2 Å². The Hall–Kier alpha value is -2.46. The first-order valence-electron chi connectivity index (χ1n) is 7.62. The van der Waals surface area contributed by atoms with Crippen LogP contribution in [0.4, 0.5) is 0 Å². The molecule has 1 saturated heterocycles. The van der Waals surface area contributed by atoms with Crippen molar-refractivity contribution in [3.05, 3.63) is 40.5 Å². The number of nitrogens with one attached hydrogen (secondary N) is 1. The fourth-order valence-corrected chi connectivity index (χ4v) is 3.28. The van der Waals surface area contributed by atoms with Gasteiger partial charge in [-0.15, -0.1) is 0 Å². The third kappa shape index (κ3) is 3.24. The van der Waals surface area contributed by atoms with Gasteiger partial charge in [0, 0.05) is 16.4 Å². The predicted molar refractivity (Wildman–Crippen MR) is 92.1 cm³/mol. The van der Waals surface area contributed by atoms with E-state index in [0.717, 1.165) is 16.3 Å². The summed E-state index contributed by atoms with van der Waals surface area (Å²) < 4.78 is 0.909. The molecular formula is C17H15BrN4O2. The number of carbonyl (C=O) groups is 2. The monoisotopic (exact) mass is 386 g/mol. The lowest BCUT2D eigenvalue weighted by Crippen LogP contribution is -2.42. The largest absolute Gasteiger partial charge is 0.342 e. The minimum Gasteiger partial charge on any atom is -0.342 e. The number of aromatic nitrogens is 1. The Kier molecular flexibility index (Phi) is 4.76. The van der Waals surface area contributed by atoms with Crippen LogP contribution in [0.1, 0.15) is 23.3 Å². The lowest BCUT2D eigenvalue weighted by molar-refractivity contribution is -0.130. The van der Waals surface area contributed by atoms with Crippen molar-refractivity contribution in [3.63, 3.8) is 0 Å². The molecule has 0 saturated carbocycles. The normalized spacial score (nSPS) is 16.8. The van der Waals surface area contributed by atoms with Gasteiger partial charge in [-0.3, -0.25) is 9.59 Å². The van der Waals surface area contributed by atoms with Gasteiger partial charge in [-0.1, -0.05) is 22.0 Å². The van der Waals surface area contributed by atoms with Crippen molar-refractivity contribution in [3.8, 4) is 6.07 Å². The summed E-state index contributed by atoms with van der Waals surface area (Å²) in [5.74, 6) is -0.645. The minimum atomic E-state index is -0.405. The van der Waals surface area contributed by atoms with Gasteiger partial charge in [0.05, 0.1) is 18.1 Å². The molecule has 0 radical (unpaired) electrons. The van der Waals surface area contributed by atoms with Gasteiger partial charge in [0.25, 0.3) is 5.91 Å². The number of likely N-dealkylation sites (tertiary alicyclic amines) is 1. The van der Waals surface area contributed by atoms with Gasteiger partial charge >= 0.3 is 0 Å². The smallest absolute Gasteiger partial charge is 0.270 e. The van der Waals surface area contributed by atoms with Crippen LogP contribution in [0.5, 0.6) is 0 Å². The summed E-state index contributed by atoms with van der Waals surface area (Å²) >= 11 is 3.44. The number of rotatable bonds is 3. The molecule has 2 heterocycles. The van der Waals surface area contributed by atoms with E-state index in [0.29, 0.717) is 18.5 Å². The molecule has 122 valence electrons. The van der Waals surface area contributed by atoms with E-state index in [2.05, 4.69) is 32.3 Å². The average Bonchev–Trinajstić information content (AvgIpc) is 3.08. The maximum absolute atomic E-state index is 12.2. The van der Waals surface area contributed by atoms with E-state index in [-0.39, 0.29) is 24.2 Å². The number of nitriles is 1. The first-order chi connectivity index (χ1) is 11.6. The number of carbonyl (C=O) groups excluding carboxylic acids is 2. The van der Waals surface area contributed by atoms with Crippen LogP contribution in [0.2, 0.25) is 0 Å². The molecule has 1 aliphatic heterocycles. The quantitative estimate of drug-likeness (QED) is 0.875. The zero-order chi connectivity index (χ0) is 17.1. The van der Waals surface area contributed by atoms with Crippen molar-refractivity contribution in [2.24, 2.45) is 0 Å². The highest BCUT2D eigenvalue weighted by Gasteiger charge is 2.28. The van der Waals surface area contributed by atoms with Gasteiger partial charge in [0.1, 0.15) is 11.7 Å². The van der Waals surface area contributed by atoms with Crippen LogP contribution < -0.4 is 5.32 Å². The van der Waals surface area contributed by atoms with E-state index in [9.17, 15) is 9.59 Å². The molecule has 2 amide bonds. The van der Waals surface area contributed by atoms with Crippen LogP contribution in [0.3, 0.4) is 0 Å². The summed E-state index contributed by atoms with van der Waals surface area (Å²) in [6.07, 6.45) is 1.51. The zero-order valence-electron chi connectivity index (χ0n) is 12.8. The van der Waals surface area contributed by atoms with Gasteiger partial charge in [-0.2, -0.15) is 5.26 Å². The second-order valence-electron chi connectivity index (χ2n) is 5.56. The molecule has 3 rings (SSSR count). The summed E-state index contributed by atoms with van der Waals surface area (Å²) in [6, 6.07) is 10.7. The maximum atomic E-state index is 12.2. The fourth-order valence-electron chi connectivity index (χ4n) is 2.79. The molecule has 24 heavy (non-hydrogen) atoms. The van der Waals surface area contributed by atoms with E-state index in [1.54, 1.807) is 6.07 Å². The molecule has 7 heteroatoms. The van der Waals surface area contributed by atoms with Crippen molar-refractivity contribution in [2.45, 2.75) is 18.9 Å². The minimum absolute atomic E-state index is 0.130. The maximum Gasteiger partial charge on any atom is 0.270 e. The van der Waals surface area contributed by atoms with Gasteiger partial charge in [-0.05, 0) is 37.1 Å². The molecule has 1 aromatic heterocycles. The summed E-state index contributed by atoms with van der Waals surface area (Å²) in [6.45, 7) is 0.435. The predicted octanol–water partition coefficient (Wildman–Crippen LogP) is 2.24. The van der Waals surface area contributed by atoms with E-state index in [4.69, 9.17) is 5.26 Å². The first-order valence-corrected chi connectivity index (χ1v) is 8.42. The number of nitrogens with zero attached hydrogens (tertiary/aromatic N) is 3. The molecule has 1 fully saturated rings. The molecule has 0 bridgehead atoms. The molecule has 0 spiro atoms. The number of fused-ring (bicyclic) bond motifs is 1. The van der Waals surface area contributed by atoms with Crippen LogP contribution in [-0.2, 0) is 4.79 Å². The number of hydrogen-bond donors (Lipinski definition) is 1. The molecule has 1 aliphatic rings. The first kappa shape index (κ1) is 16.4. The number of benzene rings is 1. The Bertz CT molecular complexity index is 846. The van der Waals surface area contributed by atoms with Gasteiger partial charge in [0.15, 0.2) is 0 Å². The fraction of sp³-hybridized carbons (Fsp3) is 0.294.